The van der Waals surface area contributed by atoms with Crippen LogP contribution in [0.4, 0.5) is 18.9 Å². The van der Waals surface area contributed by atoms with Crippen molar-refractivity contribution in [2.24, 2.45) is 0 Å². The summed E-state index contributed by atoms with van der Waals surface area (Å²) in [7, 11) is 0. The third-order valence-corrected chi connectivity index (χ3v) is 4.23. The van der Waals surface area contributed by atoms with Gasteiger partial charge in [-0.3, -0.25) is 14.9 Å². The Morgan fingerprint density at radius 2 is 1.80 bits per heavy atom. The van der Waals surface area contributed by atoms with Gasteiger partial charge < -0.3 is 15.7 Å². The van der Waals surface area contributed by atoms with Crippen molar-refractivity contribution in [3.8, 4) is 0 Å². The monoisotopic (exact) mass is 425 g/mol. The van der Waals surface area contributed by atoms with E-state index in [-0.39, 0.29) is 17.6 Å². The third kappa shape index (κ3) is 6.55. The van der Waals surface area contributed by atoms with Crippen LogP contribution < -0.4 is 10.6 Å². The molecule has 0 saturated heterocycles. The molecule has 160 valence electrons. The normalized spacial score (nSPS) is 15.2. The predicted octanol–water partition coefficient (Wildman–Crippen LogP) is 2.56. The Hall–Kier alpha value is -3.47. The maximum atomic E-state index is 12.3. The largest absolute Gasteiger partial charge is 0.490 e. The van der Waals surface area contributed by atoms with E-state index in [0.29, 0.717) is 19.5 Å². The van der Waals surface area contributed by atoms with E-state index in [4.69, 9.17) is 9.90 Å². The molecule has 0 aliphatic carbocycles. The fraction of sp³-hybridized carbons (Fsp3) is 0.263. The Morgan fingerprint density at radius 1 is 1.17 bits per heavy atom. The van der Waals surface area contributed by atoms with E-state index in [0.717, 1.165) is 16.7 Å². The summed E-state index contributed by atoms with van der Waals surface area (Å²) >= 11 is 0. The predicted molar refractivity (Wildman–Crippen MR) is 99.4 cm³/mol. The number of carboxylic acid groups (broad SMARTS) is 1. The maximum absolute atomic E-state index is 12.3. The van der Waals surface area contributed by atoms with E-state index >= 15 is 0 Å². The fourth-order valence-corrected chi connectivity index (χ4v) is 2.71. The van der Waals surface area contributed by atoms with Gasteiger partial charge in [0, 0.05) is 25.2 Å². The zero-order valence-corrected chi connectivity index (χ0v) is 15.5. The molecule has 0 aromatic heterocycles. The summed E-state index contributed by atoms with van der Waals surface area (Å²) in [6.45, 7) is 0.950. The number of amides is 1. The van der Waals surface area contributed by atoms with Crippen LogP contribution in [-0.4, -0.2) is 34.1 Å². The highest BCUT2D eigenvalue weighted by atomic mass is 19.4. The number of rotatable bonds is 4. The highest BCUT2D eigenvalue weighted by molar-refractivity contribution is 5.82. The first kappa shape index (κ1) is 22.8. The van der Waals surface area contributed by atoms with Crippen LogP contribution in [0.3, 0.4) is 0 Å². The van der Waals surface area contributed by atoms with E-state index in [1.54, 1.807) is 12.1 Å². The van der Waals surface area contributed by atoms with Crippen molar-refractivity contribution in [3.05, 3.63) is 75.3 Å². The molecule has 2 aromatic carbocycles. The molecule has 1 atom stereocenters. The second-order valence-electron chi connectivity index (χ2n) is 6.35. The number of nitrogens with one attached hydrogen (secondary N) is 2. The number of benzene rings is 2. The van der Waals surface area contributed by atoms with Crippen LogP contribution in [0, 0.1) is 10.1 Å². The van der Waals surface area contributed by atoms with Crippen LogP contribution >= 0.6 is 0 Å². The molecule has 3 rings (SSSR count). The topological polar surface area (TPSA) is 122 Å². The fourth-order valence-electron chi connectivity index (χ4n) is 2.71. The lowest BCUT2D eigenvalue weighted by atomic mass is 9.95. The number of hydrogen-bond donors (Lipinski definition) is 3. The zero-order valence-electron chi connectivity index (χ0n) is 15.5. The van der Waals surface area contributed by atoms with Crippen molar-refractivity contribution in [3.63, 3.8) is 0 Å². The molecule has 30 heavy (non-hydrogen) atoms. The summed E-state index contributed by atoms with van der Waals surface area (Å²) in [5.41, 5.74) is 2.99. The molecule has 0 radical (unpaired) electrons. The number of hydrogen-bond acceptors (Lipinski definition) is 5. The van der Waals surface area contributed by atoms with Crippen molar-refractivity contribution in [2.45, 2.75) is 31.7 Å². The van der Waals surface area contributed by atoms with Gasteiger partial charge in [-0.25, -0.2) is 4.79 Å². The van der Waals surface area contributed by atoms with Crippen molar-refractivity contribution < 1.29 is 32.8 Å². The Morgan fingerprint density at radius 3 is 2.37 bits per heavy atom. The smallest absolute Gasteiger partial charge is 0.475 e. The molecule has 2 aromatic rings. The van der Waals surface area contributed by atoms with Crippen LogP contribution in [0.25, 0.3) is 0 Å². The lowest BCUT2D eigenvalue weighted by molar-refractivity contribution is -0.384. The first-order chi connectivity index (χ1) is 14.1. The number of nitrogens with zero attached hydrogens (tertiary/aromatic N) is 1. The molecular weight excluding hydrogens is 407 g/mol. The number of non-ortho nitro benzene ring substituents is 1. The van der Waals surface area contributed by atoms with Gasteiger partial charge in [-0.05, 0) is 23.1 Å². The minimum atomic E-state index is -5.08. The highest BCUT2D eigenvalue weighted by Gasteiger charge is 2.38. The summed E-state index contributed by atoms with van der Waals surface area (Å²) in [5, 5.41) is 24.0. The molecule has 11 heteroatoms. The van der Waals surface area contributed by atoms with E-state index in [1.165, 1.54) is 6.07 Å². The molecule has 0 unspecified atom stereocenters. The summed E-state index contributed by atoms with van der Waals surface area (Å²) in [4.78, 5) is 31.6. The molecular formula is C19H18F3N3O5. The van der Waals surface area contributed by atoms with E-state index < -0.39 is 17.1 Å². The van der Waals surface area contributed by atoms with Gasteiger partial charge in [0.1, 0.15) is 0 Å². The number of halogens is 3. The minimum absolute atomic E-state index is 0.0575. The molecule has 1 aliphatic rings. The number of carbonyl (C=O) groups excluding carboxylic acids is 1. The lowest BCUT2D eigenvalue weighted by Gasteiger charge is -2.25. The quantitative estimate of drug-likeness (QED) is 0.511. The molecule has 0 saturated carbocycles. The Kier molecular flexibility index (Phi) is 7.48. The molecule has 0 spiro atoms. The molecule has 1 aliphatic heterocycles. The Bertz CT molecular complexity index is 919. The van der Waals surface area contributed by atoms with Crippen LogP contribution in [-0.2, 0) is 29.1 Å². The van der Waals surface area contributed by atoms with Crippen molar-refractivity contribution in [1.82, 2.24) is 10.6 Å². The molecule has 1 heterocycles. The average Bonchev–Trinajstić information content (AvgIpc) is 2.71. The number of alkyl halides is 3. The van der Waals surface area contributed by atoms with E-state index in [9.17, 15) is 28.1 Å². The summed E-state index contributed by atoms with van der Waals surface area (Å²) in [6.07, 6.45) is -4.55. The van der Waals surface area contributed by atoms with Crippen molar-refractivity contribution in [1.29, 1.82) is 0 Å². The molecule has 0 bridgehead atoms. The van der Waals surface area contributed by atoms with Gasteiger partial charge in [-0.1, -0.05) is 36.4 Å². The highest BCUT2D eigenvalue weighted by Crippen LogP contribution is 2.22. The number of fused-ring (bicyclic) bond motifs is 1. The Labute approximate surface area is 168 Å². The van der Waals surface area contributed by atoms with E-state index in [1.807, 2.05) is 30.3 Å². The zero-order chi connectivity index (χ0) is 22.3. The van der Waals surface area contributed by atoms with Crippen molar-refractivity contribution >= 4 is 17.6 Å². The summed E-state index contributed by atoms with van der Waals surface area (Å²) in [6, 6.07) is 14.2. The number of nitro benzene ring substituents is 1. The van der Waals surface area contributed by atoms with Gasteiger partial charge in [0.2, 0.25) is 5.91 Å². The van der Waals surface area contributed by atoms with Crippen LogP contribution in [0.5, 0.6) is 0 Å². The molecule has 1 amide bonds. The molecule has 8 nitrogen and oxygen atoms in total. The number of carboxylic acids is 1. The Balaban J connectivity index is 0.000000396. The van der Waals surface area contributed by atoms with Crippen LogP contribution in [0.2, 0.25) is 0 Å². The third-order valence-electron chi connectivity index (χ3n) is 4.23. The second-order valence-corrected chi connectivity index (χ2v) is 6.35. The van der Waals surface area contributed by atoms with Crippen molar-refractivity contribution in [2.75, 3.05) is 0 Å². The first-order valence-electron chi connectivity index (χ1n) is 8.69. The second kappa shape index (κ2) is 9.83. The minimum Gasteiger partial charge on any atom is -0.475 e. The van der Waals surface area contributed by atoms with Gasteiger partial charge in [0.25, 0.3) is 5.69 Å². The first-order valence-corrected chi connectivity index (χ1v) is 8.69. The van der Waals surface area contributed by atoms with Gasteiger partial charge in [-0.15, -0.1) is 0 Å². The maximum Gasteiger partial charge on any atom is 0.490 e. The number of aliphatic carboxylic acids is 1. The number of nitro groups is 1. The van der Waals surface area contributed by atoms with Gasteiger partial charge in [-0.2, -0.15) is 13.2 Å². The van der Waals surface area contributed by atoms with Gasteiger partial charge >= 0.3 is 12.1 Å². The molecule has 0 fully saturated rings. The lowest BCUT2D eigenvalue weighted by Crippen LogP contribution is -2.47. The van der Waals surface area contributed by atoms with Gasteiger partial charge in [0.05, 0.1) is 11.0 Å². The SMILES string of the molecule is O=C(NCc1ccccc1)[C@@H]1Cc2ccc([N+](=O)[O-])cc2CN1.O=C(O)C(F)(F)F. The number of carbonyl (C=O) groups is 2. The molecule has 3 N–H and O–H groups in total. The summed E-state index contributed by atoms with van der Waals surface area (Å²) < 4.78 is 31.7. The van der Waals surface area contributed by atoms with Crippen LogP contribution in [0.1, 0.15) is 16.7 Å². The van der Waals surface area contributed by atoms with Gasteiger partial charge in [0.15, 0.2) is 0 Å². The summed E-state index contributed by atoms with van der Waals surface area (Å²) in [5.74, 6) is -2.81. The average molecular weight is 425 g/mol. The van der Waals surface area contributed by atoms with E-state index in [2.05, 4.69) is 10.6 Å². The standard InChI is InChI=1S/C17H17N3O3.C2HF3O2/c21-17(19-10-12-4-2-1-3-5-12)16-9-13-6-7-15(20(22)23)8-14(13)11-18-16;3-2(4,5)1(6)7/h1-8,16,18H,9-11H2,(H,19,21);(H,6,7)/t16-;/m0./s1. The van der Waals surface area contributed by atoms with Crippen LogP contribution in [0.15, 0.2) is 48.5 Å².